The Kier molecular flexibility index (Phi) is 4.71. The Labute approximate surface area is 148 Å². The highest BCUT2D eigenvalue weighted by Crippen LogP contribution is 2.32. The van der Waals surface area contributed by atoms with Crippen LogP contribution in [0.15, 0.2) is 42.5 Å². The molecule has 1 saturated heterocycles. The predicted molar refractivity (Wildman–Crippen MR) is 92.2 cm³/mol. The molecule has 0 atom stereocenters. The molecule has 1 fully saturated rings. The fourth-order valence-corrected chi connectivity index (χ4v) is 2.96. The first-order valence-electron chi connectivity index (χ1n) is 8.15. The Morgan fingerprint density at radius 1 is 1.15 bits per heavy atom. The van der Waals surface area contributed by atoms with Crippen LogP contribution < -0.4 is 10.2 Å². The van der Waals surface area contributed by atoms with Crippen molar-refractivity contribution >= 4 is 23.2 Å². The first-order chi connectivity index (χ1) is 12.2. The summed E-state index contributed by atoms with van der Waals surface area (Å²) in [4.78, 5) is 25.9. The molecule has 1 aliphatic rings. The highest BCUT2D eigenvalue weighted by atomic mass is 19.4. The number of hydrogen-bond acceptors (Lipinski definition) is 2. The number of alkyl halides is 3. The molecule has 0 aliphatic carbocycles. The lowest BCUT2D eigenvalue weighted by atomic mass is 10.1. The molecule has 136 valence electrons. The molecule has 26 heavy (non-hydrogen) atoms. The summed E-state index contributed by atoms with van der Waals surface area (Å²) < 4.78 is 38.8. The minimum absolute atomic E-state index is 0.00365. The molecule has 7 heteroatoms. The molecule has 1 N–H and O–H groups in total. The van der Waals surface area contributed by atoms with Crippen LogP contribution in [0, 0.1) is 6.92 Å². The number of carbonyl (C=O) groups is 2. The third-order valence-corrected chi connectivity index (χ3v) is 4.16. The van der Waals surface area contributed by atoms with E-state index in [2.05, 4.69) is 5.32 Å². The second kappa shape index (κ2) is 6.82. The van der Waals surface area contributed by atoms with Crippen LogP contribution in [0.1, 0.15) is 34.3 Å². The number of rotatable bonds is 3. The molecule has 2 amide bonds. The summed E-state index contributed by atoms with van der Waals surface area (Å²) >= 11 is 0. The van der Waals surface area contributed by atoms with E-state index in [1.165, 1.54) is 13.0 Å². The Bertz CT molecular complexity index is 862. The van der Waals surface area contributed by atoms with Crippen LogP contribution in [0.5, 0.6) is 0 Å². The molecule has 0 saturated carbocycles. The van der Waals surface area contributed by atoms with Crippen molar-refractivity contribution in [3.8, 4) is 0 Å². The summed E-state index contributed by atoms with van der Waals surface area (Å²) in [5, 5.41) is 2.50. The standard InChI is InChI=1S/C19H17F3N2O2/c1-12-8-14(19(20,21)22)11-15(9-12)23-18(26)13-4-2-5-16(10-13)24-7-3-6-17(24)25/h2,4-5,8-11H,3,6-7H2,1H3,(H,23,26). The highest BCUT2D eigenvalue weighted by molar-refractivity contribution is 6.05. The van der Waals surface area contributed by atoms with Gasteiger partial charge < -0.3 is 10.2 Å². The molecule has 2 aromatic carbocycles. The van der Waals surface area contributed by atoms with Crippen LogP contribution in [-0.2, 0) is 11.0 Å². The monoisotopic (exact) mass is 362 g/mol. The summed E-state index contributed by atoms with van der Waals surface area (Å²) in [5.41, 5.74) is 0.540. The average molecular weight is 362 g/mol. The second-order valence-electron chi connectivity index (χ2n) is 6.24. The molecule has 3 rings (SSSR count). The van der Waals surface area contributed by atoms with Gasteiger partial charge in [-0.25, -0.2) is 0 Å². The van der Waals surface area contributed by atoms with Crippen molar-refractivity contribution in [2.75, 3.05) is 16.8 Å². The SMILES string of the molecule is Cc1cc(NC(=O)c2cccc(N3CCCC3=O)c2)cc(C(F)(F)F)c1. The summed E-state index contributed by atoms with van der Waals surface area (Å²) in [6.07, 6.45) is -3.25. The Morgan fingerprint density at radius 3 is 2.58 bits per heavy atom. The predicted octanol–water partition coefficient (Wildman–Crippen LogP) is 4.39. The number of nitrogens with zero attached hydrogens (tertiary/aromatic N) is 1. The van der Waals surface area contributed by atoms with Crippen LogP contribution in [-0.4, -0.2) is 18.4 Å². The van der Waals surface area contributed by atoms with Gasteiger partial charge in [-0.15, -0.1) is 0 Å². The molecule has 4 nitrogen and oxygen atoms in total. The number of benzene rings is 2. The van der Waals surface area contributed by atoms with Crippen molar-refractivity contribution in [1.82, 2.24) is 0 Å². The van der Waals surface area contributed by atoms with E-state index in [0.717, 1.165) is 18.6 Å². The molecule has 0 aromatic heterocycles. The van der Waals surface area contributed by atoms with Crippen molar-refractivity contribution in [3.05, 3.63) is 59.2 Å². The van der Waals surface area contributed by atoms with Gasteiger partial charge in [0.25, 0.3) is 5.91 Å². The third kappa shape index (κ3) is 3.87. The van der Waals surface area contributed by atoms with Gasteiger partial charge in [-0.05, 0) is 55.3 Å². The van der Waals surface area contributed by atoms with E-state index >= 15 is 0 Å². The van der Waals surface area contributed by atoms with Crippen molar-refractivity contribution in [1.29, 1.82) is 0 Å². The van der Waals surface area contributed by atoms with Gasteiger partial charge in [0, 0.05) is 29.9 Å². The number of amides is 2. The molecule has 0 bridgehead atoms. The van der Waals surface area contributed by atoms with Crippen LogP contribution in [0.2, 0.25) is 0 Å². The number of carbonyl (C=O) groups excluding carboxylic acids is 2. The lowest BCUT2D eigenvalue weighted by molar-refractivity contribution is -0.137. The van der Waals surface area contributed by atoms with Gasteiger partial charge in [-0.3, -0.25) is 9.59 Å². The summed E-state index contributed by atoms with van der Waals surface area (Å²) in [5.74, 6) is -0.534. The van der Waals surface area contributed by atoms with E-state index in [0.29, 0.717) is 24.2 Å². The van der Waals surface area contributed by atoms with Gasteiger partial charge >= 0.3 is 6.18 Å². The van der Waals surface area contributed by atoms with Crippen LogP contribution in [0.25, 0.3) is 0 Å². The van der Waals surface area contributed by atoms with E-state index in [1.807, 2.05) is 0 Å². The maximum atomic E-state index is 12.9. The van der Waals surface area contributed by atoms with E-state index < -0.39 is 17.6 Å². The lowest BCUT2D eigenvalue weighted by Crippen LogP contribution is -2.24. The molecule has 1 aliphatic heterocycles. The van der Waals surface area contributed by atoms with Gasteiger partial charge in [-0.1, -0.05) is 6.07 Å². The number of anilines is 2. The normalized spacial score (nSPS) is 14.6. The molecule has 1 heterocycles. The summed E-state index contributed by atoms with van der Waals surface area (Å²) in [6.45, 7) is 2.13. The first-order valence-corrected chi connectivity index (χ1v) is 8.15. The number of nitrogens with one attached hydrogen (secondary N) is 1. The van der Waals surface area contributed by atoms with Crippen LogP contribution >= 0.6 is 0 Å². The van der Waals surface area contributed by atoms with Crippen molar-refractivity contribution < 1.29 is 22.8 Å². The van der Waals surface area contributed by atoms with Gasteiger partial charge in [0.05, 0.1) is 5.56 Å². The highest BCUT2D eigenvalue weighted by Gasteiger charge is 2.31. The molecule has 2 aromatic rings. The van der Waals surface area contributed by atoms with Gasteiger partial charge in [-0.2, -0.15) is 13.2 Å². The minimum atomic E-state index is -4.48. The van der Waals surface area contributed by atoms with Gasteiger partial charge in [0.15, 0.2) is 0 Å². The van der Waals surface area contributed by atoms with E-state index in [-0.39, 0.29) is 17.2 Å². The number of aryl methyl sites for hydroxylation is 1. The van der Waals surface area contributed by atoms with Gasteiger partial charge in [0.1, 0.15) is 0 Å². The number of hydrogen-bond donors (Lipinski definition) is 1. The Hall–Kier alpha value is -2.83. The third-order valence-electron chi connectivity index (χ3n) is 4.16. The largest absolute Gasteiger partial charge is 0.416 e. The van der Waals surface area contributed by atoms with Crippen LogP contribution in [0.4, 0.5) is 24.5 Å². The van der Waals surface area contributed by atoms with Gasteiger partial charge in [0.2, 0.25) is 5.91 Å². The van der Waals surface area contributed by atoms with Crippen molar-refractivity contribution in [3.63, 3.8) is 0 Å². The van der Waals surface area contributed by atoms with Crippen LogP contribution in [0.3, 0.4) is 0 Å². The fraction of sp³-hybridized carbons (Fsp3) is 0.263. The lowest BCUT2D eigenvalue weighted by Gasteiger charge is -2.16. The zero-order valence-electron chi connectivity index (χ0n) is 14.1. The Balaban J connectivity index is 1.83. The minimum Gasteiger partial charge on any atom is -0.322 e. The zero-order chi connectivity index (χ0) is 18.9. The smallest absolute Gasteiger partial charge is 0.322 e. The maximum Gasteiger partial charge on any atom is 0.416 e. The van der Waals surface area contributed by atoms with Crippen molar-refractivity contribution in [2.45, 2.75) is 25.9 Å². The topological polar surface area (TPSA) is 49.4 Å². The van der Waals surface area contributed by atoms with E-state index in [1.54, 1.807) is 29.2 Å². The summed E-state index contributed by atoms with van der Waals surface area (Å²) in [6, 6.07) is 9.90. The molecule has 0 radical (unpaired) electrons. The number of halogens is 3. The Morgan fingerprint density at radius 2 is 1.92 bits per heavy atom. The molecular formula is C19H17F3N2O2. The zero-order valence-corrected chi connectivity index (χ0v) is 14.1. The fourth-order valence-electron chi connectivity index (χ4n) is 2.96. The molecular weight excluding hydrogens is 345 g/mol. The molecule has 0 unspecified atom stereocenters. The van der Waals surface area contributed by atoms with E-state index in [9.17, 15) is 22.8 Å². The maximum absolute atomic E-state index is 12.9. The quantitative estimate of drug-likeness (QED) is 0.880. The summed E-state index contributed by atoms with van der Waals surface area (Å²) in [7, 11) is 0. The molecule has 0 spiro atoms. The average Bonchev–Trinajstić information content (AvgIpc) is 2.99. The van der Waals surface area contributed by atoms with E-state index in [4.69, 9.17) is 0 Å². The first kappa shape index (κ1) is 18.0. The second-order valence-corrected chi connectivity index (χ2v) is 6.24. The van der Waals surface area contributed by atoms with Crippen molar-refractivity contribution in [2.24, 2.45) is 0 Å².